The van der Waals surface area contributed by atoms with E-state index in [1.54, 1.807) is 4.90 Å². The summed E-state index contributed by atoms with van der Waals surface area (Å²) in [6.45, 7) is 6.11. The van der Waals surface area contributed by atoms with E-state index in [2.05, 4.69) is 15.4 Å². The van der Waals surface area contributed by atoms with E-state index in [4.69, 9.17) is 5.84 Å². The van der Waals surface area contributed by atoms with Crippen molar-refractivity contribution in [1.82, 2.24) is 9.97 Å². The van der Waals surface area contributed by atoms with Crippen molar-refractivity contribution in [3.05, 3.63) is 11.9 Å². The van der Waals surface area contributed by atoms with Crippen molar-refractivity contribution >= 4 is 11.6 Å². The highest BCUT2D eigenvalue weighted by atomic mass is 19.4. The summed E-state index contributed by atoms with van der Waals surface area (Å²) in [5.74, 6) is 4.05. The minimum Gasteiger partial charge on any atom is -0.354 e. The van der Waals surface area contributed by atoms with Gasteiger partial charge in [-0.05, 0) is 20.8 Å². The molecule has 0 saturated carbocycles. The number of anilines is 2. The number of hydrogen-bond acceptors (Lipinski definition) is 5. The van der Waals surface area contributed by atoms with Crippen molar-refractivity contribution in [1.29, 1.82) is 0 Å². The van der Waals surface area contributed by atoms with Crippen LogP contribution >= 0.6 is 0 Å². The molecule has 18 heavy (non-hydrogen) atoms. The molecule has 0 aliphatic rings. The van der Waals surface area contributed by atoms with Gasteiger partial charge in [-0.1, -0.05) is 0 Å². The quantitative estimate of drug-likeness (QED) is 0.642. The fourth-order valence-electron chi connectivity index (χ4n) is 1.57. The highest BCUT2D eigenvalue weighted by molar-refractivity contribution is 5.49. The molecule has 0 unspecified atom stereocenters. The zero-order chi connectivity index (χ0) is 13.9. The van der Waals surface area contributed by atoms with E-state index >= 15 is 0 Å². The van der Waals surface area contributed by atoms with Crippen LogP contribution < -0.4 is 16.2 Å². The Bertz CT molecular complexity index is 405. The maximum atomic E-state index is 12.6. The Morgan fingerprint density at radius 1 is 1.39 bits per heavy atom. The van der Waals surface area contributed by atoms with Gasteiger partial charge in [0.25, 0.3) is 0 Å². The standard InChI is InChI=1S/C10H16F3N5/c1-4-18(6(2)3)8-5-7(17-14)15-9(16-8)10(11,12)13/h5-6H,4,14H2,1-3H3,(H,15,16,17). The molecule has 0 atom stereocenters. The second-order valence-corrected chi connectivity index (χ2v) is 3.96. The van der Waals surface area contributed by atoms with E-state index in [1.807, 2.05) is 20.8 Å². The lowest BCUT2D eigenvalue weighted by molar-refractivity contribution is -0.144. The van der Waals surface area contributed by atoms with E-state index in [0.29, 0.717) is 6.54 Å². The molecule has 0 bridgehead atoms. The summed E-state index contributed by atoms with van der Waals surface area (Å²) in [5, 5.41) is 0. The summed E-state index contributed by atoms with van der Waals surface area (Å²) >= 11 is 0. The highest BCUT2D eigenvalue weighted by Gasteiger charge is 2.36. The van der Waals surface area contributed by atoms with Crippen LogP contribution in [0.2, 0.25) is 0 Å². The van der Waals surface area contributed by atoms with Gasteiger partial charge in [-0.2, -0.15) is 13.2 Å². The molecule has 5 nitrogen and oxygen atoms in total. The smallest absolute Gasteiger partial charge is 0.354 e. The number of alkyl halides is 3. The third-order valence-corrected chi connectivity index (χ3v) is 2.37. The average molecular weight is 263 g/mol. The Balaban J connectivity index is 3.27. The van der Waals surface area contributed by atoms with Crippen LogP contribution in [0.1, 0.15) is 26.6 Å². The monoisotopic (exact) mass is 263 g/mol. The van der Waals surface area contributed by atoms with Gasteiger partial charge < -0.3 is 10.3 Å². The van der Waals surface area contributed by atoms with Crippen molar-refractivity contribution in [2.45, 2.75) is 33.0 Å². The SMILES string of the molecule is CCN(c1cc(NN)nc(C(F)(F)F)n1)C(C)C. The Kier molecular flexibility index (Phi) is 4.33. The number of nitrogens with zero attached hydrogens (tertiary/aromatic N) is 3. The molecule has 1 heterocycles. The first-order valence-corrected chi connectivity index (χ1v) is 5.49. The van der Waals surface area contributed by atoms with Gasteiger partial charge in [0.15, 0.2) is 0 Å². The van der Waals surface area contributed by atoms with Gasteiger partial charge >= 0.3 is 6.18 Å². The second kappa shape index (κ2) is 5.38. The van der Waals surface area contributed by atoms with Crippen molar-refractivity contribution in [2.24, 2.45) is 5.84 Å². The molecule has 0 aliphatic heterocycles. The van der Waals surface area contributed by atoms with Gasteiger partial charge in [0, 0.05) is 18.7 Å². The van der Waals surface area contributed by atoms with Crippen LogP contribution in [0.15, 0.2) is 6.07 Å². The predicted octanol–water partition coefficient (Wildman–Crippen LogP) is 2.02. The fourth-order valence-corrected chi connectivity index (χ4v) is 1.57. The van der Waals surface area contributed by atoms with Gasteiger partial charge in [0.1, 0.15) is 11.6 Å². The lowest BCUT2D eigenvalue weighted by Gasteiger charge is -2.27. The summed E-state index contributed by atoms with van der Waals surface area (Å²) in [5.41, 5.74) is 2.12. The molecule has 0 fully saturated rings. The largest absolute Gasteiger partial charge is 0.451 e. The predicted molar refractivity (Wildman–Crippen MR) is 63.0 cm³/mol. The van der Waals surface area contributed by atoms with Gasteiger partial charge in [-0.3, -0.25) is 0 Å². The van der Waals surface area contributed by atoms with Crippen LogP contribution in [0.5, 0.6) is 0 Å². The minimum absolute atomic E-state index is 0.0246. The maximum Gasteiger partial charge on any atom is 0.451 e. The Morgan fingerprint density at radius 2 is 2.00 bits per heavy atom. The first-order valence-electron chi connectivity index (χ1n) is 5.49. The van der Waals surface area contributed by atoms with E-state index in [1.165, 1.54) is 6.07 Å². The lowest BCUT2D eigenvalue weighted by Crippen LogP contribution is -2.32. The minimum atomic E-state index is -4.60. The molecular formula is C10H16F3N5. The van der Waals surface area contributed by atoms with Crippen LogP contribution in [-0.2, 0) is 6.18 Å². The molecule has 1 aromatic heterocycles. The number of rotatable bonds is 4. The van der Waals surface area contributed by atoms with Crippen LogP contribution in [0.3, 0.4) is 0 Å². The van der Waals surface area contributed by atoms with Crippen molar-refractivity contribution < 1.29 is 13.2 Å². The summed E-state index contributed by atoms with van der Waals surface area (Å²) in [6.07, 6.45) is -4.60. The van der Waals surface area contributed by atoms with E-state index in [0.717, 1.165) is 0 Å². The van der Waals surface area contributed by atoms with Crippen molar-refractivity contribution in [2.75, 3.05) is 16.9 Å². The van der Waals surface area contributed by atoms with Gasteiger partial charge in [-0.25, -0.2) is 15.8 Å². The topological polar surface area (TPSA) is 67.1 Å². The van der Waals surface area contributed by atoms with Crippen LogP contribution in [-0.4, -0.2) is 22.6 Å². The summed E-state index contributed by atoms with van der Waals surface area (Å²) in [6, 6.07) is 1.41. The van der Waals surface area contributed by atoms with E-state index in [9.17, 15) is 13.2 Å². The molecule has 0 aromatic carbocycles. The lowest BCUT2D eigenvalue weighted by atomic mass is 10.3. The van der Waals surface area contributed by atoms with Gasteiger partial charge in [-0.15, -0.1) is 0 Å². The molecule has 0 radical (unpaired) electrons. The molecule has 3 N–H and O–H groups in total. The van der Waals surface area contributed by atoms with Crippen molar-refractivity contribution in [3.63, 3.8) is 0 Å². The number of halogens is 3. The summed E-state index contributed by atoms with van der Waals surface area (Å²) < 4.78 is 37.9. The number of hydrogen-bond donors (Lipinski definition) is 2. The third-order valence-electron chi connectivity index (χ3n) is 2.37. The molecule has 0 spiro atoms. The molecule has 0 saturated heterocycles. The Hall–Kier alpha value is -1.57. The first-order chi connectivity index (χ1) is 8.29. The number of aromatic nitrogens is 2. The maximum absolute atomic E-state index is 12.6. The molecular weight excluding hydrogens is 247 g/mol. The highest BCUT2D eigenvalue weighted by Crippen LogP contribution is 2.29. The van der Waals surface area contributed by atoms with E-state index < -0.39 is 12.0 Å². The fraction of sp³-hybridized carbons (Fsp3) is 0.600. The average Bonchev–Trinajstić information content (AvgIpc) is 2.27. The number of nitrogens with two attached hydrogens (primary N) is 1. The zero-order valence-electron chi connectivity index (χ0n) is 10.4. The van der Waals surface area contributed by atoms with Gasteiger partial charge in [0.2, 0.25) is 5.82 Å². The molecule has 0 aliphatic carbocycles. The molecule has 8 heteroatoms. The summed E-state index contributed by atoms with van der Waals surface area (Å²) in [7, 11) is 0. The second-order valence-electron chi connectivity index (χ2n) is 3.96. The normalized spacial score (nSPS) is 11.8. The Labute approximate surface area is 103 Å². The van der Waals surface area contributed by atoms with E-state index in [-0.39, 0.29) is 17.7 Å². The van der Waals surface area contributed by atoms with Crippen LogP contribution in [0, 0.1) is 0 Å². The first kappa shape index (κ1) is 14.5. The third kappa shape index (κ3) is 3.22. The number of nitrogen functional groups attached to an aromatic ring is 1. The molecule has 102 valence electrons. The molecule has 1 aromatic rings. The zero-order valence-corrected chi connectivity index (χ0v) is 10.4. The number of nitrogens with one attached hydrogen (secondary N) is 1. The number of hydrazine groups is 1. The van der Waals surface area contributed by atoms with Crippen LogP contribution in [0.25, 0.3) is 0 Å². The van der Waals surface area contributed by atoms with Crippen molar-refractivity contribution in [3.8, 4) is 0 Å². The van der Waals surface area contributed by atoms with Crippen LogP contribution in [0.4, 0.5) is 24.8 Å². The van der Waals surface area contributed by atoms with Gasteiger partial charge in [0.05, 0.1) is 0 Å². The molecule has 1 rings (SSSR count). The summed E-state index contributed by atoms with van der Waals surface area (Å²) in [4.78, 5) is 8.56. The Morgan fingerprint density at radius 3 is 2.39 bits per heavy atom. The molecule has 0 amide bonds.